The Morgan fingerprint density at radius 3 is 1.88 bits per heavy atom. The van der Waals surface area contributed by atoms with Gasteiger partial charge in [-0.1, -0.05) is 134 Å². The number of hydrogen-bond acceptors (Lipinski definition) is 2. The van der Waals surface area contributed by atoms with Crippen molar-refractivity contribution in [2.45, 2.75) is 32.6 Å². The van der Waals surface area contributed by atoms with E-state index in [-0.39, 0.29) is 0 Å². The van der Waals surface area contributed by atoms with Gasteiger partial charge in [-0.25, -0.2) is 0 Å². The van der Waals surface area contributed by atoms with Gasteiger partial charge in [-0.2, -0.15) is 0 Å². The van der Waals surface area contributed by atoms with E-state index >= 15 is 0 Å². The molecule has 2 heteroatoms. The minimum atomic E-state index is 0.302. The molecule has 1 aliphatic carbocycles. The van der Waals surface area contributed by atoms with Crippen molar-refractivity contribution in [3.63, 3.8) is 0 Å². The van der Waals surface area contributed by atoms with E-state index in [0.717, 1.165) is 35.6 Å². The highest BCUT2D eigenvalue weighted by atomic mass is 14.9. The predicted molar refractivity (Wildman–Crippen MR) is 219 cm³/mol. The minimum absolute atomic E-state index is 0.302. The lowest BCUT2D eigenvalue weighted by Crippen LogP contribution is -2.04. The van der Waals surface area contributed by atoms with Crippen LogP contribution in [-0.2, 0) is 6.42 Å². The summed E-state index contributed by atoms with van der Waals surface area (Å²) in [5, 5.41) is 9.94. The number of nitrogens with one attached hydrogen (secondary N) is 2. The Bertz CT molecular complexity index is 2380. The monoisotopic (exact) mass is 658 g/mol. The van der Waals surface area contributed by atoms with Crippen molar-refractivity contribution in [2.75, 3.05) is 10.6 Å². The number of rotatable bonds is 9. The lowest BCUT2D eigenvalue weighted by atomic mass is 9.82. The maximum absolute atomic E-state index is 3.74. The van der Waals surface area contributed by atoms with Gasteiger partial charge < -0.3 is 10.6 Å². The molecule has 0 saturated heterocycles. The molecule has 1 atom stereocenters. The molecule has 7 aromatic rings. The first-order valence-corrected chi connectivity index (χ1v) is 18.0. The van der Waals surface area contributed by atoms with Crippen LogP contribution < -0.4 is 10.6 Å². The summed E-state index contributed by atoms with van der Waals surface area (Å²) in [6, 6.07) is 59.0. The fourth-order valence-electron chi connectivity index (χ4n) is 7.33. The summed E-state index contributed by atoms with van der Waals surface area (Å²) < 4.78 is 0. The summed E-state index contributed by atoms with van der Waals surface area (Å²) in [7, 11) is 0. The van der Waals surface area contributed by atoms with Gasteiger partial charge in [0.15, 0.2) is 0 Å². The molecule has 0 aromatic heterocycles. The van der Waals surface area contributed by atoms with Gasteiger partial charge in [-0.15, -0.1) is 0 Å². The number of allylic oxidation sites excluding steroid dienone is 4. The Labute approximate surface area is 301 Å². The maximum Gasteiger partial charge on any atom is 0.0464 e. The van der Waals surface area contributed by atoms with Crippen LogP contribution >= 0.6 is 0 Å². The number of anilines is 4. The first kappa shape index (κ1) is 32.1. The molecule has 0 radical (unpaired) electrons. The topological polar surface area (TPSA) is 24.1 Å². The molecule has 248 valence electrons. The second kappa shape index (κ2) is 14.4. The molecule has 1 unspecified atom stereocenters. The van der Waals surface area contributed by atoms with Gasteiger partial charge in [0.2, 0.25) is 0 Å². The summed E-state index contributed by atoms with van der Waals surface area (Å²) in [5.74, 6) is 0.302. The van der Waals surface area contributed by atoms with Crippen LogP contribution in [0.5, 0.6) is 0 Å². The number of hydrogen-bond donors (Lipinski definition) is 2. The Kier molecular flexibility index (Phi) is 9.06. The zero-order chi connectivity index (χ0) is 34.6. The largest absolute Gasteiger partial charge is 0.355 e. The first-order valence-electron chi connectivity index (χ1n) is 18.0. The standard InChI is InChI=1S/C49H42N2/c1-3-35-13-12-20-43(30-35)50-48-27-23-41(32-46(48)37-15-6-4-7-16-37)40-22-26-45(34(2)29-40)42-24-28-49(47(33-42)38-17-8-5-9-18-38)51-44-25-21-36-14-10-11-19-39(36)31-44/h4-21,23-33,40,50-51H,3,22H2,1-2H3. The van der Waals surface area contributed by atoms with E-state index in [1.54, 1.807) is 0 Å². The van der Waals surface area contributed by atoms with Crippen molar-refractivity contribution >= 4 is 39.1 Å². The zero-order valence-electron chi connectivity index (χ0n) is 29.2. The molecule has 8 rings (SSSR count). The number of fused-ring (bicyclic) bond motifs is 1. The molecule has 0 bridgehead atoms. The zero-order valence-corrected chi connectivity index (χ0v) is 29.2. The number of benzene rings is 7. The average Bonchev–Trinajstić information content (AvgIpc) is 3.19. The van der Waals surface area contributed by atoms with Gasteiger partial charge in [0, 0.05) is 39.8 Å². The Hall–Kier alpha value is -6.12. The molecular formula is C49H42N2. The van der Waals surface area contributed by atoms with E-state index < -0.39 is 0 Å². The van der Waals surface area contributed by atoms with Crippen molar-refractivity contribution in [1.82, 2.24) is 0 Å². The normalized spacial score (nSPS) is 14.1. The van der Waals surface area contributed by atoms with Crippen molar-refractivity contribution in [3.05, 3.63) is 198 Å². The van der Waals surface area contributed by atoms with Gasteiger partial charge in [0.25, 0.3) is 0 Å². The van der Waals surface area contributed by atoms with Gasteiger partial charge in [-0.05, 0) is 118 Å². The predicted octanol–water partition coefficient (Wildman–Crippen LogP) is 13.7. The first-order chi connectivity index (χ1) is 25.1. The summed E-state index contributed by atoms with van der Waals surface area (Å²) in [6.07, 6.45) is 6.86. The SMILES string of the molecule is CCc1cccc(Nc2ccc(C3C=C(C)C(c4ccc(Nc5ccc6ccccc6c5)c(-c5ccccc5)c4)=CC3)cc2-c2ccccc2)c1. The van der Waals surface area contributed by atoms with Gasteiger partial charge in [0.1, 0.15) is 0 Å². The molecule has 0 spiro atoms. The Morgan fingerprint density at radius 1 is 0.529 bits per heavy atom. The van der Waals surface area contributed by atoms with Crippen LogP contribution in [0.3, 0.4) is 0 Å². The lowest BCUT2D eigenvalue weighted by Gasteiger charge is -2.23. The van der Waals surface area contributed by atoms with Gasteiger partial charge in [-0.3, -0.25) is 0 Å². The summed E-state index contributed by atoms with van der Waals surface area (Å²) in [6.45, 7) is 4.46. The van der Waals surface area contributed by atoms with E-state index in [1.807, 2.05) is 0 Å². The Balaban J connectivity index is 1.09. The quantitative estimate of drug-likeness (QED) is 0.161. The molecule has 2 nitrogen and oxygen atoms in total. The fourth-order valence-corrected chi connectivity index (χ4v) is 7.33. The summed E-state index contributed by atoms with van der Waals surface area (Å²) >= 11 is 0. The highest BCUT2D eigenvalue weighted by Crippen LogP contribution is 2.41. The lowest BCUT2D eigenvalue weighted by molar-refractivity contribution is 0.848. The van der Waals surface area contributed by atoms with Crippen molar-refractivity contribution in [2.24, 2.45) is 0 Å². The van der Waals surface area contributed by atoms with Crippen molar-refractivity contribution in [1.29, 1.82) is 0 Å². The molecule has 51 heavy (non-hydrogen) atoms. The molecule has 0 saturated carbocycles. The summed E-state index contributed by atoms with van der Waals surface area (Å²) in [4.78, 5) is 0. The van der Waals surface area contributed by atoms with Crippen molar-refractivity contribution < 1.29 is 0 Å². The van der Waals surface area contributed by atoms with Crippen LogP contribution in [0.2, 0.25) is 0 Å². The third kappa shape index (κ3) is 7.00. The van der Waals surface area contributed by atoms with Crippen LogP contribution in [0, 0.1) is 0 Å². The fraction of sp³-hybridized carbons (Fsp3) is 0.102. The van der Waals surface area contributed by atoms with Crippen molar-refractivity contribution in [3.8, 4) is 22.3 Å². The smallest absolute Gasteiger partial charge is 0.0464 e. The van der Waals surface area contributed by atoms with Crippen LogP contribution in [0.1, 0.15) is 42.9 Å². The summed E-state index contributed by atoms with van der Waals surface area (Å²) in [5.41, 5.74) is 15.8. The molecule has 2 N–H and O–H groups in total. The maximum atomic E-state index is 3.74. The molecule has 7 aromatic carbocycles. The van der Waals surface area contributed by atoms with E-state index in [0.29, 0.717) is 5.92 Å². The molecular weight excluding hydrogens is 617 g/mol. The second-order valence-electron chi connectivity index (χ2n) is 13.5. The second-order valence-corrected chi connectivity index (χ2v) is 13.5. The van der Waals surface area contributed by atoms with E-state index in [4.69, 9.17) is 0 Å². The molecule has 1 aliphatic rings. The average molecular weight is 659 g/mol. The van der Waals surface area contributed by atoms with E-state index in [1.165, 1.54) is 60.9 Å². The third-order valence-corrected chi connectivity index (χ3v) is 10.1. The minimum Gasteiger partial charge on any atom is -0.355 e. The highest BCUT2D eigenvalue weighted by Gasteiger charge is 2.19. The molecule has 0 aliphatic heterocycles. The molecule has 0 amide bonds. The van der Waals surface area contributed by atoms with Crippen LogP contribution in [-0.4, -0.2) is 0 Å². The van der Waals surface area contributed by atoms with E-state index in [2.05, 4.69) is 200 Å². The van der Waals surface area contributed by atoms with Crippen LogP contribution in [0.15, 0.2) is 182 Å². The van der Waals surface area contributed by atoms with Crippen LogP contribution in [0.25, 0.3) is 38.6 Å². The van der Waals surface area contributed by atoms with Gasteiger partial charge >= 0.3 is 0 Å². The third-order valence-electron chi connectivity index (χ3n) is 10.1. The number of aryl methyl sites for hydroxylation is 1. The highest BCUT2D eigenvalue weighted by molar-refractivity contribution is 5.91. The molecule has 0 heterocycles. The van der Waals surface area contributed by atoms with E-state index in [9.17, 15) is 0 Å². The van der Waals surface area contributed by atoms with Crippen LogP contribution in [0.4, 0.5) is 22.7 Å². The molecule has 0 fully saturated rings. The van der Waals surface area contributed by atoms with Gasteiger partial charge in [0.05, 0.1) is 0 Å². The Morgan fingerprint density at radius 2 is 1.18 bits per heavy atom.